The molecule has 0 aromatic heterocycles. The predicted octanol–water partition coefficient (Wildman–Crippen LogP) is 3.50. The number of nitrogens with one attached hydrogen (secondary N) is 1. The summed E-state index contributed by atoms with van der Waals surface area (Å²) in [5, 5.41) is 13.6. The van der Waals surface area contributed by atoms with Gasteiger partial charge >= 0.3 is 0 Å². The molecule has 0 saturated heterocycles. The molecule has 0 bridgehead atoms. The molecular weight excluding hydrogens is 297 g/mol. The Bertz CT molecular complexity index is 518. The number of hydrogen-bond acceptors (Lipinski definition) is 2. The Hall–Kier alpha value is -1.03. The number of aliphatic hydroxyl groups is 1. The van der Waals surface area contributed by atoms with Crippen molar-refractivity contribution in [2.75, 3.05) is 6.54 Å². The van der Waals surface area contributed by atoms with E-state index in [9.17, 15) is 9.90 Å². The quantitative estimate of drug-likeness (QED) is 0.817. The number of halogens is 2. The van der Waals surface area contributed by atoms with Crippen LogP contribution in [-0.4, -0.2) is 17.6 Å². The summed E-state index contributed by atoms with van der Waals surface area (Å²) in [4.78, 5) is 11.7. The second-order valence-electron chi connectivity index (χ2n) is 5.13. The van der Waals surface area contributed by atoms with Crippen LogP contribution in [0, 0.1) is 5.92 Å². The Morgan fingerprint density at radius 1 is 1.40 bits per heavy atom. The molecule has 3 nitrogen and oxygen atoms in total. The van der Waals surface area contributed by atoms with Gasteiger partial charge in [0.25, 0.3) is 0 Å². The van der Waals surface area contributed by atoms with Crippen molar-refractivity contribution in [2.45, 2.75) is 25.9 Å². The maximum absolute atomic E-state index is 11.7. The first kappa shape index (κ1) is 15.4. The third kappa shape index (κ3) is 4.51. The minimum Gasteiger partial charge on any atom is -0.387 e. The van der Waals surface area contributed by atoms with Crippen LogP contribution in [0.5, 0.6) is 0 Å². The minimum absolute atomic E-state index is 0.129. The molecule has 1 atom stereocenters. The van der Waals surface area contributed by atoms with E-state index in [2.05, 4.69) is 5.32 Å². The highest BCUT2D eigenvalue weighted by Crippen LogP contribution is 2.35. The van der Waals surface area contributed by atoms with E-state index in [1.165, 1.54) is 12.8 Å². The third-order valence-corrected chi connectivity index (χ3v) is 3.76. The third-order valence-electron chi connectivity index (χ3n) is 3.32. The smallest absolute Gasteiger partial charge is 0.244 e. The monoisotopic (exact) mass is 313 g/mol. The molecule has 0 spiro atoms. The van der Waals surface area contributed by atoms with E-state index >= 15 is 0 Å². The Kier molecular flexibility index (Phi) is 5.08. The van der Waals surface area contributed by atoms with Gasteiger partial charge in [-0.1, -0.05) is 28.8 Å². The number of hydrogen-bond donors (Lipinski definition) is 2. The predicted molar refractivity (Wildman–Crippen MR) is 80.9 cm³/mol. The first-order chi connectivity index (χ1) is 9.45. The van der Waals surface area contributed by atoms with Crippen molar-refractivity contribution in [1.29, 1.82) is 0 Å². The van der Waals surface area contributed by atoms with Gasteiger partial charge in [0.05, 0.1) is 6.10 Å². The van der Waals surface area contributed by atoms with Crippen LogP contribution in [0.3, 0.4) is 0 Å². The van der Waals surface area contributed by atoms with Crippen LogP contribution in [0.4, 0.5) is 0 Å². The molecule has 0 radical (unpaired) electrons. The highest BCUT2D eigenvalue weighted by Gasteiger charge is 2.23. The van der Waals surface area contributed by atoms with Gasteiger partial charge in [0.2, 0.25) is 5.91 Å². The van der Waals surface area contributed by atoms with E-state index in [1.54, 1.807) is 24.3 Å². The highest BCUT2D eigenvalue weighted by molar-refractivity contribution is 6.34. The fourth-order valence-corrected chi connectivity index (χ4v) is 2.54. The first-order valence-corrected chi connectivity index (χ1v) is 7.31. The summed E-state index contributed by atoms with van der Waals surface area (Å²) in [6, 6.07) is 4.87. The lowest BCUT2D eigenvalue weighted by molar-refractivity contribution is -0.117. The molecule has 1 amide bonds. The van der Waals surface area contributed by atoms with Crippen molar-refractivity contribution in [3.05, 3.63) is 45.5 Å². The average molecular weight is 314 g/mol. The van der Waals surface area contributed by atoms with Crippen LogP contribution in [0.1, 0.15) is 31.4 Å². The summed E-state index contributed by atoms with van der Waals surface area (Å²) >= 11 is 11.8. The Balaban J connectivity index is 1.89. The minimum atomic E-state index is -0.829. The van der Waals surface area contributed by atoms with E-state index in [0.29, 0.717) is 21.5 Å². The number of allylic oxidation sites excluding steroid dienone is 1. The van der Waals surface area contributed by atoms with Gasteiger partial charge in [-0.25, -0.2) is 0 Å². The molecule has 1 aliphatic carbocycles. The van der Waals surface area contributed by atoms with Crippen molar-refractivity contribution in [2.24, 2.45) is 5.92 Å². The Morgan fingerprint density at radius 2 is 2.00 bits per heavy atom. The highest BCUT2D eigenvalue weighted by atomic mass is 35.5. The van der Waals surface area contributed by atoms with Crippen LogP contribution in [0.2, 0.25) is 10.0 Å². The number of carbonyl (C=O) groups is 1. The van der Waals surface area contributed by atoms with Crippen molar-refractivity contribution in [1.82, 2.24) is 5.32 Å². The summed E-state index contributed by atoms with van der Waals surface area (Å²) in [5.41, 5.74) is 1.69. The summed E-state index contributed by atoms with van der Waals surface area (Å²) in [5.74, 6) is 0.388. The standard InChI is InChI=1S/C15H17Cl2NO2/c1-9(10-2-3-10)4-15(20)18-8-14(19)11-5-12(16)7-13(17)6-11/h4-7,10,14,19H,2-3,8H2,1H3,(H,18,20)/b9-4-. The molecule has 0 heterocycles. The second kappa shape index (κ2) is 6.61. The fourth-order valence-electron chi connectivity index (χ4n) is 2.00. The SMILES string of the molecule is C/C(=C/C(=O)NCC(O)c1cc(Cl)cc(Cl)c1)C1CC1. The van der Waals surface area contributed by atoms with Gasteiger partial charge in [-0.3, -0.25) is 4.79 Å². The lowest BCUT2D eigenvalue weighted by atomic mass is 10.1. The molecule has 1 aromatic carbocycles. The van der Waals surface area contributed by atoms with E-state index < -0.39 is 6.10 Å². The fraction of sp³-hybridized carbons (Fsp3) is 0.400. The normalized spacial score (nSPS) is 16.9. The lowest BCUT2D eigenvalue weighted by Gasteiger charge is -2.12. The maximum atomic E-state index is 11.7. The Morgan fingerprint density at radius 3 is 2.55 bits per heavy atom. The first-order valence-electron chi connectivity index (χ1n) is 6.56. The molecular formula is C15H17Cl2NO2. The second-order valence-corrected chi connectivity index (χ2v) is 6.00. The number of carbonyl (C=O) groups excluding carboxylic acids is 1. The summed E-state index contributed by atoms with van der Waals surface area (Å²) in [6.07, 6.45) is 3.11. The molecule has 1 aromatic rings. The topological polar surface area (TPSA) is 49.3 Å². The van der Waals surface area contributed by atoms with Gasteiger partial charge in [0, 0.05) is 22.7 Å². The van der Waals surface area contributed by atoms with E-state index in [0.717, 1.165) is 5.57 Å². The zero-order chi connectivity index (χ0) is 14.7. The van der Waals surface area contributed by atoms with Crippen LogP contribution >= 0.6 is 23.2 Å². The summed E-state index contributed by atoms with van der Waals surface area (Å²) < 4.78 is 0. The van der Waals surface area contributed by atoms with Crippen molar-refractivity contribution in [3.63, 3.8) is 0 Å². The number of rotatable bonds is 5. The van der Waals surface area contributed by atoms with Crippen LogP contribution in [0.15, 0.2) is 29.8 Å². The number of amides is 1. The largest absolute Gasteiger partial charge is 0.387 e. The van der Waals surface area contributed by atoms with Crippen molar-refractivity contribution < 1.29 is 9.90 Å². The summed E-state index contributed by atoms with van der Waals surface area (Å²) in [7, 11) is 0. The van der Waals surface area contributed by atoms with Crippen molar-refractivity contribution in [3.8, 4) is 0 Å². The molecule has 2 N–H and O–H groups in total. The zero-order valence-electron chi connectivity index (χ0n) is 11.2. The molecule has 1 unspecified atom stereocenters. The molecule has 2 rings (SSSR count). The van der Waals surface area contributed by atoms with Crippen LogP contribution in [0.25, 0.3) is 0 Å². The molecule has 5 heteroatoms. The van der Waals surface area contributed by atoms with Crippen LogP contribution in [-0.2, 0) is 4.79 Å². The van der Waals surface area contributed by atoms with Crippen LogP contribution < -0.4 is 5.32 Å². The van der Waals surface area contributed by atoms with Crippen molar-refractivity contribution >= 4 is 29.1 Å². The van der Waals surface area contributed by atoms with E-state index in [1.807, 2.05) is 6.92 Å². The van der Waals surface area contributed by atoms with E-state index in [-0.39, 0.29) is 12.5 Å². The van der Waals surface area contributed by atoms with Gasteiger partial charge in [-0.05, 0) is 49.4 Å². The molecule has 1 saturated carbocycles. The van der Waals surface area contributed by atoms with Gasteiger partial charge in [-0.2, -0.15) is 0 Å². The van der Waals surface area contributed by atoms with Gasteiger partial charge in [0.1, 0.15) is 0 Å². The van der Waals surface area contributed by atoms with Gasteiger partial charge in [0.15, 0.2) is 0 Å². The number of aliphatic hydroxyl groups excluding tert-OH is 1. The maximum Gasteiger partial charge on any atom is 0.244 e. The average Bonchev–Trinajstić information content (AvgIpc) is 3.18. The van der Waals surface area contributed by atoms with Gasteiger partial charge in [-0.15, -0.1) is 0 Å². The Labute approximate surface area is 128 Å². The molecule has 0 aliphatic heterocycles. The van der Waals surface area contributed by atoms with E-state index in [4.69, 9.17) is 23.2 Å². The van der Waals surface area contributed by atoms with Gasteiger partial charge < -0.3 is 10.4 Å². The molecule has 108 valence electrons. The lowest BCUT2D eigenvalue weighted by Crippen LogP contribution is -2.27. The molecule has 20 heavy (non-hydrogen) atoms. The summed E-state index contributed by atoms with van der Waals surface area (Å²) in [6.45, 7) is 2.09. The zero-order valence-corrected chi connectivity index (χ0v) is 12.7. The number of benzene rings is 1. The molecule has 1 aliphatic rings. The molecule has 1 fully saturated rings.